The largest absolute Gasteiger partial charge is 0.497 e. The second-order valence-corrected chi connectivity index (χ2v) is 9.83. The highest BCUT2D eigenvalue weighted by atomic mass is 32.2. The average molecular weight is 440 g/mol. The molecule has 1 heterocycles. The Morgan fingerprint density at radius 3 is 2.66 bits per heavy atom. The Hall–Kier alpha value is -2.91. The zero-order valence-corrected chi connectivity index (χ0v) is 19.6. The van der Waals surface area contributed by atoms with E-state index in [0.717, 1.165) is 10.7 Å². The molecule has 1 fully saturated rings. The zero-order valence-electron chi connectivity index (χ0n) is 18.8. The minimum absolute atomic E-state index is 0.559. The first kappa shape index (κ1) is 21.0. The number of ether oxygens (including phenoxy) is 1. The molecule has 3 aromatic carbocycles. The van der Waals surface area contributed by atoms with Gasteiger partial charge in [-0.2, -0.15) is 0 Å². The number of thioether (sulfide) groups is 1. The number of fused-ring (bicyclic) bond motifs is 3. The summed E-state index contributed by atoms with van der Waals surface area (Å²) in [4.78, 5) is 4.87. The highest BCUT2D eigenvalue weighted by molar-refractivity contribution is 8.03. The van der Waals surface area contributed by atoms with Crippen molar-refractivity contribution in [2.75, 3.05) is 12.0 Å². The molecular formula is C29H29NOS. The first-order valence-corrected chi connectivity index (χ1v) is 12.1. The monoisotopic (exact) mass is 439 g/mol. The molecule has 0 aromatic heterocycles. The summed E-state index contributed by atoms with van der Waals surface area (Å²) in [7, 11) is 1.72. The van der Waals surface area contributed by atoms with Gasteiger partial charge in [-0.3, -0.25) is 0 Å². The van der Waals surface area contributed by atoms with Gasteiger partial charge in [-0.15, -0.1) is 0 Å². The van der Waals surface area contributed by atoms with Gasteiger partial charge in [0.15, 0.2) is 0 Å². The molecule has 1 aliphatic carbocycles. The van der Waals surface area contributed by atoms with E-state index in [2.05, 4.69) is 97.3 Å². The van der Waals surface area contributed by atoms with Crippen LogP contribution in [0.2, 0.25) is 0 Å². The first-order valence-electron chi connectivity index (χ1n) is 11.3. The number of hydrogen-bond acceptors (Lipinski definition) is 3. The fourth-order valence-corrected chi connectivity index (χ4v) is 5.89. The molecule has 0 N–H and O–H groups in total. The third kappa shape index (κ3) is 3.98. The van der Waals surface area contributed by atoms with Crippen molar-refractivity contribution in [2.24, 2.45) is 0 Å². The van der Waals surface area contributed by atoms with E-state index in [9.17, 15) is 0 Å². The molecular weight excluding hydrogens is 410 g/mol. The summed E-state index contributed by atoms with van der Waals surface area (Å²) < 4.78 is 5.36. The molecule has 5 rings (SSSR count). The van der Waals surface area contributed by atoms with Gasteiger partial charge in [0.05, 0.1) is 7.11 Å². The van der Waals surface area contributed by atoms with Crippen molar-refractivity contribution in [3.05, 3.63) is 101 Å². The van der Waals surface area contributed by atoms with Gasteiger partial charge >= 0.3 is 0 Å². The molecule has 0 amide bonds. The number of nitrogens with zero attached hydrogens (tertiary/aromatic N) is 1. The molecule has 0 spiro atoms. The Labute approximate surface area is 195 Å². The second-order valence-electron chi connectivity index (χ2n) is 8.66. The predicted molar refractivity (Wildman–Crippen MR) is 137 cm³/mol. The van der Waals surface area contributed by atoms with E-state index in [4.69, 9.17) is 4.74 Å². The molecule has 2 unspecified atom stereocenters. The van der Waals surface area contributed by atoms with E-state index in [1.54, 1.807) is 18.9 Å². The lowest BCUT2D eigenvalue weighted by Crippen LogP contribution is -2.26. The number of aryl methyl sites for hydroxylation is 1. The summed E-state index contributed by atoms with van der Waals surface area (Å²) in [6.07, 6.45) is 8.16. The standard InChI is InChI=1S/C29H29NOS/c1-20-7-4-5-10-29(20)32-21(2)11-12-22-13-18-28-26(19-22)25-8-6-9-27(25)30(28)23-14-16-24(31-3)17-15-23/h4-5,7,10-19,25,27H,2,6,8-9H2,1,3H3/b12-11+. The quantitative estimate of drug-likeness (QED) is 0.284. The van der Waals surface area contributed by atoms with Crippen LogP contribution in [0.3, 0.4) is 0 Å². The van der Waals surface area contributed by atoms with Crippen LogP contribution < -0.4 is 9.64 Å². The van der Waals surface area contributed by atoms with Gasteiger partial charge in [0.25, 0.3) is 0 Å². The molecule has 2 aliphatic rings. The minimum Gasteiger partial charge on any atom is -0.497 e. The lowest BCUT2D eigenvalue weighted by atomic mass is 9.96. The third-order valence-corrected chi connectivity index (χ3v) is 7.74. The van der Waals surface area contributed by atoms with Crippen LogP contribution in [0, 0.1) is 6.92 Å². The zero-order chi connectivity index (χ0) is 22.1. The van der Waals surface area contributed by atoms with Gasteiger partial charge in [0.1, 0.15) is 5.75 Å². The molecule has 162 valence electrons. The van der Waals surface area contributed by atoms with E-state index in [1.165, 1.54) is 52.2 Å². The Balaban J connectivity index is 1.39. The van der Waals surface area contributed by atoms with E-state index in [1.807, 2.05) is 0 Å². The van der Waals surface area contributed by atoms with Crippen molar-refractivity contribution in [3.8, 4) is 5.75 Å². The lowest BCUT2D eigenvalue weighted by molar-refractivity contribution is 0.415. The molecule has 2 nitrogen and oxygen atoms in total. The van der Waals surface area contributed by atoms with Crippen LogP contribution in [0.5, 0.6) is 5.75 Å². The minimum atomic E-state index is 0.559. The smallest absolute Gasteiger partial charge is 0.119 e. The van der Waals surface area contributed by atoms with Crippen LogP contribution in [-0.2, 0) is 0 Å². The molecule has 3 heteroatoms. The van der Waals surface area contributed by atoms with E-state index >= 15 is 0 Å². The fraction of sp³-hybridized carbons (Fsp3) is 0.241. The molecule has 32 heavy (non-hydrogen) atoms. The summed E-state index contributed by atoms with van der Waals surface area (Å²) >= 11 is 1.73. The first-order chi connectivity index (χ1) is 15.6. The van der Waals surface area contributed by atoms with Crippen molar-refractivity contribution >= 4 is 29.2 Å². The Morgan fingerprint density at radius 1 is 1.06 bits per heavy atom. The Morgan fingerprint density at radius 2 is 1.88 bits per heavy atom. The number of allylic oxidation sites excluding steroid dienone is 1. The maximum absolute atomic E-state index is 5.36. The number of hydrogen-bond donors (Lipinski definition) is 0. The van der Waals surface area contributed by atoms with Crippen molar-refractivity contribution in [3.63, 3.8) is 0 Å². The van der Waals surface area contributed by atoms with E-state index in [-0.39, 0.29) is 0 Å². The highest BCUT2D eigenvalue weighted by Crippen LogP contribution is 2.52. The molecule has 1 saturated carbocycles. The third-order valence-electron chi connectivity index (χ3n) is 6.67. The van der Waals surface area contributed by atoms with Crippen LogP contribution in [0.15, 0.2) is 89.2 Å². The molecule has 3 aromatic rings. The van der Waals surface area contributed by atoms with E-state index in [0.29, 0.717) is 12.0 Å². The number of methoxy groups -OCH3 is 1. The highest BCUT2D eigenvalue weighted by Gasteiger charge is 2.42. The second kappa shape index (κ2) is 8.91. The van der Waals surface area contributed by atoms with Crippen molar-refractivity contribution in [1.82, 2.24) is 0 Å². The summed E-state index contributed by atoms with van der Waals surface area (Å²) in [5.74, 6) is 1.52. The summed E-state index contributed by atoms with van der Waals surface area (Å²) in [5.41, 5.74) is 6.64. The maximum Gasteiger partial charge on any atom is 0.119 e. The molecule has 2 atom stereocenters. The number of rotatable bonds is 6. The van der Waals surface area contributed by atoms with Gasteiger partial charge in [0.2, 0.25) is 0 Å². The normalized spacial score (nSPS) is 19.2. The Bertz CT molecular complexity index is 1160. The summed E-state index contributed by atoms with van der Waals surface area (Å²) in [5, 5.41) is 0. The summed E-state index contributed by atoms with van der Waals surface area (Å²) in [6, 6.07) is 24.4. The van der Waals surface area contributed by atoms with Crippen LogP contribution in [0.1, 0.15) is 41.9 Å². The van der Waals surface area contributed by atoms with Gasteiger partial charge in [-0.05, 0) is 85.0 Å². The van der Waals surface area contributed by atoms with Crippen LogP contribution in [0.25, 0.3) is 6.08 Å². The maximum atomic E-state index is 5.36. The van der Waals surface area contributed by atoms with Crippen LogP contribution in [0.4, 0.5) is 11.4 Å². The van der Waals surface area contributed by atoms with Gasteiger partial charge in [-0.1, -0.05) is 55.1 Å². The van der Waals surface area contributed by atoms with Crippen LogP contribution in [-0.4, -0.2) is 13.2 Å². The molecule has 1 aliphatic heterocycles. The van der Waals surface area contributed by atoms with Crippen molar-refractivity contribution in [2.45, 2.75) is 43.0 Å². The molecule has 0 saturated heterocycles. The number of anilines is 2. The fourth-order valence-electron chi connectivity index (χ4n) is 5.09. The molecule has 0 radical (unpaired) electrons. The predicted octanol–water partition coefficient (Wildman–Crippen LogP) is 8.11. The van der Waals surface area contributed by atoms with Gasteiger partial charge in [-0.25, -0.2) is 0 Å². The van der Waals surface area contributed by atoms with E-state index < -0.39 is 0 Å². The molecule has 0 bridgehead atoms. The lowest BCUT2D eigenvalue weighted by Gasteiger charge is -2.27. The van der Waals surface area contributed by atoms with Gasteiger partial charge < -0.3 is 9.64 Å². The average Bonchev–Trinajstić information content (AvgIpc) is 3.40. The van der Waals surface area contributed by atoms with Crippen molar-refractivity contribution in [1.29, 1.82) is 0 Å². The Kier molecular flexibility index (Phi) is 5.84. The van der Waals surface area contributed by atoms with Crippen molar-refractivity contribution < 1.29 is 4.74 Å². The SMILES string of the molecule is C=C(/C=C/c1ccc2c(c1)C1CCCC1N2c1ccc(OC)cc1)Sc1ccccc1C. The topological polar surface area (TPSA) is 12.5 Å². The van der Waals surface area contributed by atoms with Crippen LogP contribution >= 0.6 is 11.8 Å². The van der Waals surface area contributed by atoms with Gasteiger partial charge in [0, 0.05) is 33.1 Å². The summed E-state index contributed by atoms with van der Waals surface area (Å²) in [6.45, 7) is 6.40. The number of benzene rings is 3.